The van der Waals surface area contributed by atoms with Crippen molar-refractivity contribution in [3.05, 3.63) is 64.8 Å². The molecule has 4 rings (SSSR count). The quantitative estimate of drug-likeness (QED) is 0.508. The van der Waals surface area contributed by atoms with Crippen LogP contribution in [0.5, 0.6) is 0 Å². The highest BCUT2D eigenvalue weighted by Gasteiger charge is 2.13. The summed E-state index contributed by atoms with van der Waals surface area (Å²) >= 11 is 6.23. The van der Waals surface area contributed by atoms with Crippen molar-refractivity contribution in [1.82, 2.24) is 9.97 Å². The summed E-state index contributed by atoms with van der Waals surface area (Å²) in [5.74, 6) is 0.851. The summed E-state index contributed by atoms with van der Waals surface area (Å²) in [5, 5.41) is 11.8. The number of nitrogens with zero attached hydrogens (tertiary/aromatic N) is 2. The number of rotatable bonds is 2. The maximum absolute atomic E-state index is 11.5. The minimum Gasteiger partial charge on any atom is -0.339 e. The number of aromatic nitrogens is 2. The number of anilines is 5. The molecule has 2 heterocycles. The van der Waals surface area contributed by atoms with Crippen LogP contribution in [0.2, 0.25) is 5.02 Å². The Morgan fingerprint density at radius 2 is 1.89 bits per heavy atom. The Labute approximate surface area is 167 Å². The molecule has 0 radical (unpaired) electrons. The van der Waals surface area contributed by atoms with Crippen molar-refractivity contribution >= 4 is 50.6 Å². The molecule has 5 N–H and O–H groups in total. The highest BCUT2D eigenvalue weighted by Crippen LogP contribution is 2.29. The van der Waals surface area contributed by atoms with Gasteiger partial charge in [0.05, 0.1) is 11.9 Å². The molecule has 28 heavy (non-hydrogen) atoms. The summed E-state index contributed by atoms with van der Waals surface area (Å²) in [6.45, 7) is 0. The van der Waals surface area contributed by atoms with Gasteiger partial charge in [0.1, 0.15) is 5.02 Å². The zero-order chi connectivity index (χ0) is 19.7. The van der Waals surface area contributed by atoms with Gasteiger partial charge in [0.15, 0.2) is 5.82 Å². The van der Waals surface area contributed by atoms with Crippen molar-refractivity contribution in [2.75, 3.05) is 15.4 Å². The summed E-state index contributed by atoms with van der Waals surface area (Å²) in [4.78, 5) is 8.64. The van der Waals surface area contributed by atoms with Gasteiger partial charge in [-0.1, -0.05) is 23.7 Å². The number of halogens is 1. The van der Waals surface area contributed by atoms with Crippen molar-refractivity contribution in [3.8, 4) is 0 Å². The molecule has 0 atom stereocenters. The second-order valence-electron chi connectivity index (χ2n) is 6.36. The summed E-state index contributed by atoms with van der Waals surface area (Å²) in [6, 6.07) is 13.1. The Kier molecular flexibility index (Phi) is 4.80. The summed E-state index contributed by atoms with van der Waals surface area (Å²) in [6.07, 6.45) is 2.83. The fourth-order valence-electron chi connectivity index (χ4n) is 3.00. The molecule has 0 saturated heterocycles. The Balaban J connectivity index is 1.82. The second-order valence-corrected chi connectivity index (χ2v) is 8.06. The first kappa shape index (κ1) is 18.5. The average Bonchev–Trinajstić information content (AvgIpc) is 2.63. The van der Waals surface area contributed by atoms with Crippen molar-refractivity contribution < 1.29 is 8.42 Å². The molecule has 3 aromatic rings. The van der Waals surface area contributed by atoms with Gasteiger partial charge < -0.3 is 10.6 Å². The van der Waals surface area contributed by atoms with Crippen LogP contribution in [0.1, 0.15) is 11.1 Å². The van der Waals surface area contributed by atoms with Crippen molar-refractivity contribution in [2.45, 2.75) is 12.8 Å². The van der Waals surface area contributed by atoms with E-state index < -0.39 is 10.2 Å². The van der Waals surface area contributed by atoms with Crippen LogP contribution in [0, 0.1) is 0 Å². The molecule has 0 spiro atoms. The van der Waals surface area contributed by atoms with Gasteiger partial charge in [0, 0.05) is 11.4 Å². The standard InChI is InChI=1S/C18H17ClN6O2S/c19-15-10-21-18-23-13-3-1-2-11(8-13)4-5-12-9-14(22-17(15)24-18)6-7-16(12)25-28(20,26)27/h1-3,6-10,25H,4-5H2,(H2,20,26,27)(H2,21,22,23,24). The monoisotopic (exact) mass is 416 g/mol. The lowest BCUT2D eigenvalue weighted by molar-refractivity contribution is 0.603. The van der Waals surface area contributed by atoms with Gasteiger partial charge in [-0.15, -0.1) is 0 Å². The van der Waals surface area contributed by atoms with Crippen molar-refractivity contribution in [3.63, 3.8) is 0 Å². The predicted molar refractivity (Wildman–Crippen MR) is 111 cm³/mol. The van der Waals surface area contributed by atoms with Gasteiger partial charge in [-0.3, -0.25) is 4.72 Å². The Morgan fingerprint density at radius 1 is 1.07 bits per heavy atom. The third-order valence-corrected chi connectivity index (χ3v) is 5.01. The van der Waals surface area contributed by atoms with E-state index in [1.54, 1.807) is 12.1 Å². The Hall–Kier alpha value is -2.88. The maximum atomic E-state index is 11.5. The number of benzene rings is 2. The topological polar surface area (TPSA) is 122 Å². The molecule has 0 aliphatic carbocycles. The van der Waals surface area contributed by atoms with E-state index in [9.17, 15) is 8.42 Å². The van der Waals surface area contributed by atoms with E-state index in [1.165, 1.54) is 6.20 Å². The second kappa shape index (κ2) is 7.27. The van der Waals surface area contributed by atoms with E-state index in [0.717, 1.165) is 16.8 Å². The van der Waals surface area contributed by atoms with Crippen LogP contribution < -0.4 is 20.5 Å². The smallest absolute Gasteiger partial charge is 0.296 e. The van der Waals surface area contributed by atoms with Gasteiger partial charge in [-0.25, -0.2) is 10.1 Å². The number of fused-ring (bicyclic) bond motifs is 6. The largest absolute Gasteiger partial charge is 0.339 e. The fraction of sp³-hybridized carbons (Fsp3) is 0.111. The molecule has 6 bridgehead atoms. The normalized spacial score (nSPS) is 13.2. The van der Waals surface area contributed by atoms with E-state index in [1.807, 2.05) is 30.3 Å². The number of nitrogens with two attached hydrogens (primary N) is 1. The first-order valence-corrected chi connectivity index (χ1v) is 10.4. The molecule has 0 fully saturated rings. The Morgan fingerprint density at radius 3 is 2.71 bits per heavy atom. The van der Waals surface area contributed by atoms with Crippen LogP contribution in [-0.2, 0) is 23.1 Å². The molecular weight excluding hydrogens is 400 g/mol. The van der Waals surface area contributed by atoms with Crippen LogP contribution in [0.25, 0.3) is 0 Å². The minimum atomic E-state index is -3.88. The molecule has 2 aromatic carbocycles. The molecule has 144 valence electrons. The Bertz CT molecular complexity index is 1150. The van der Waals surface area contributed by atoms with Crippen LogP contribution in [0.3, 0.4) is 0 Å². The zero-order valence-corrected chi connectivity index (χ0v) is 16.2. The molecule has 1 aliphatic heterocycles. The number of nitrogens with one attached hydrogen (secondary N) is 3. The number of hydrogen-bond acceptors (Lipinski definition) is 6. The van der Waals surface area contributed by atoms with Crippen LogP contribution in [0.15, 0.2) is 48.7 Å². The lowest BCUT2D eigenvalue weighted by Gasteiger charge is -2.14. The highest BCUT2D eigenvalue weighted by molar-refractivity contribution is 7.90. The van der Waals surface area contributed by atoms with E-state index in [4.69, 9.17) is 16.7 Å². The molecule has 0 unspecified atom stereocenters. The number of hydrogen-bond donors (Lipinski definition) is 4. The van der Waals surface area contributed by atoms with E-state index in [0.29, 0.717) is 41.0 Å². The first-order chi connectivity index (χ1) is 13.4. The maximum Gasteiger partial charge on any atom is 0.296 e. The van der Waals surface area contributed by atoms with Crippen LogP contribution in [0.4, 0.5) is 28.8 Å². The zero-order valence-electron chi connectivity index (χ0n) is 14.6. The molecule has 0 saturated carbocycles. The third kappa shape index (κ3) is 4.33. The van der Waals surface area contributed by atoms with Gasteiger partial charge in [0.2, 0.25) is 5.95 Å². The average molecular weight is 417 g/mol. The lowest BCUT2D eigenvalue weighted by Crippen LogP contribution is -2.22. The van der Waals surface area contributed by atoms with Gasteiger partial charge >= 0.3 is 0 Å². The van der Waals surface area contributed by atoms with Gasteiger partial charge in [-0.2, -0.15) is 13.4 Å². The summed E-state index contributed by atoms with van der Waals surface area (Å²) < 4.78 is 25.4. The lowest BCUT2D eigenvalue weighted by atomic mass is 10.0. The molecule has 1 aliphatic rings. The predicted octanol–water partition coefficient (Wildman–Crippen LogP) is 3.33. The van der Waals surface area contributed by atoms with Gasteiger partial charge in [-0.05, 0) is 54.3 Å². The molecule has 0 amide bonds. The minimum absolute atomic E-state index is 0.363. The van der Waals surface area contributed by atoms with Gasteiger partial charge in [0.25, 0.3) is 10.2 Å². The first-order valence-electron chi connectivity index (χ1n) is 8.45. The highest BCUT2D eigenvalue weighted by atomic mass is 35.5. The molecule has 10 heteroatoms. The van der Waals surface area contributed by atoms with Crippen LogP contribution in [-0.4, -0.2) is 18.4 Å². The van der Waals surface area contributed by atoms with Crippen molar-refractivity contribution in [1.29, 1.82) is 0 Å². The van der Waals surface area contributed by atoms with E-state index in [-0.39, 0.29) is 0 Å². The summed E-state index contributed by atoms with van der Waals surface area (Å²) in [5.41, 5.74) is 3.87. The summed E-state index contributed by atoms with van der Waals surface area (Å²) in [7, 11) is -3.88. The number of aryl methyl sites for hydroxylation is 2. The SMILES string of the molecule is NS(=O)(=O)Nc1ccc2cc1CCc1cccc(c1)Nc1ncc(Cl)c(n1)N2. The molecule has 1 aromatic heterocycles. The fourth-order valence-corrected chi connectivity index (χ4v) is 3.64. The van der Waals surface area contributed by atoms with Crippen molar-refractivity contribution in [2.24, 2.45) is 5.14 Å². The molecular formula is C18H17ClN6O2S. The molecule has 8 nitrogen and oxygen atoms in total. The van der Waals surface area contributed by atoms with Crippen LogP contribution >= 0.6 is 11.6 Å². The third-order valence-electron chi connectivity index (χ3n) is 4.23. The van der Waals surface area contributed by atoms with E-state index in [2.05, 4.69) is 25.3 Å². The van der Waals surface area contributed by atoms with E-state index >= 15 is 0 Å².